The monoisotopic (exact) mass is 340 g/mol. The number of rotatable bonds is 6. The molecule has 0 aromatic heterocycles. The fourth-order valence-electron chi connectivity index (χ4n) is 2.90. The van der Waals surface area contributed by atoms with Gasteiger partial charge in [-0.15, -0.1) is 0 Å². The van der Waals surface area contributed by atoms with E-state index in [1.165, 1.54) is 24.1 Å². The maximum absolute atomic E-state index is 5.34. The lowest BCUT2D eigenvalue weighted by Gasteiger charge is -2.35. The van der Waals surface area contributed by atoms with Crippen LogP contribution in [0.2, 0.25) is 0 Å². The van der Waals surface area contributed by atoms with E-state index in [0.717, 1.165) is 37.3 Å². The normalized spacial score (nSPS) is 19.4. The standard InChI is InChI=1S/C16H25BrN2O/c1-3-18-10-14-6-7-15(17)9-16(14)19-8-4-5-13(11-19)12-20-2/h6-7,9,13,18H,3-5,8,10-12H2,1-2H3. The van der Waals surface area contributed by atoms with Gasteiger partial charge < -0.3 is 15.0 Å². The first-order chi connectivity index (χ1) is 9.74. The second-order valence-corrected chi connectivity index (χ2v) is 6.38. The first-order valence-corrected chi connectivity index (χ1v) is 8.27. The number of nitrogens with zero attached hydrogens (tertiary/aromatic N) is 1. The molecule has 1 aromatic carbocycles. The third-order valence-corrected chi connectivity index (χ3v) is 4.37. The number of methoxy groups -OCH3 is 1. The predicted octanol–water partition coefficient (Wildman–Crippen LogP) is 3.42. The van der Waals surface area contributed by atoms with Crippen molar-refractivity contribution in [1.82, 2.24) is 5.32 Å². The minimum atomic E-state index is 0.653. The van der Waals surface area contributed by atoms with E-state index in [0.29, 0.717) is 5.92 Å². The highest BCUT2D eigenvalue weighted by Crippen LogP contribution is 2.29. The van der Waals surface area contributed by atoms with Gasteiger partial charge in [-0.3, -0.25) is 0 Å². The number of piperidine rings is 1. The molecule has 1 aliphatic rings. The van der Waals surface area contributed by atoms with Gasteiger partial charge in [-0.25, -0.2) is 0 Å². The SMILES string of the molecule is CCNCc1ccc(Br)cc1N1CCCC(COC)C1. The van der Waals surface area contributed by atoms with Crippen LogP contribution >= 0.6 is 15.9 Å². The molecule has 2 rings (SSSR count). The Kier molecular flexibility index (Phi) is 6.33. The van der Waals surface area contributed by atoms with Crippen LogP contribution in [0.4, 0.5) is 5.69 Å². The van der Waals surface area contributed by atoms with Crippen LogP contribution in [0.25, 0.3) is 0 Å². The van der Waals surface area contributed by atoms with Crippen molar-refractivity contribution in [3.05, 3.63) is 28.2 Å². The molecular formula is C16H25BrN2O. The molecule has 1 aliphatic heterocycles. The zero-order chi connectivity index (χ0) is 14.4. The Morgan fingerprint density at radius 3 is 3.05 bits per heavy atom. The molecule has 0 bridgehead atoms. The van der Waals surface area contributed by atoms with E-state index in [-0.39, 0.29) is 0 Å². The highest BCUT2D eigenvalue weighted by molar-refractivity contribution is 9.10. The lowest BCUT2D eigenvalue weighted by molar-refractivity contribution is 0.143. The minimum absolute atomic E-state index is 0.653. The van der Waals surface area contributed by atoms with E-state index in [2.05, 4.69) is 51.3 Å². The van der Waals surface area contributed by atoms with E-state index in [1.807, 2.05) is 0 Å². The molecule has 0 aliphatic carbocycles. The van der Waals surface area contributed by atoms with Crippen molar-refractivity contribution in [2.24, 2.45) is 5.92 Å². The van der Waals surface area contributed by atoms with Gasteiger partial charge in [0.2, 0.25) is 0 Å². The Morgan fingerprint density at radius 2 is 2.30 bits per heavy atom. The van der Waals surface area contributed by atoms with Gasteiger partial charge in [0.15, 0.2) is 0 Å². The number of halogens is 1. The Hall–Kier alpha value is -0.580. The maximum Gasteiger partial charge on any atom is 0.0507 e. The second-order valence-electron chi connectivity index (χ2n) is 5.46. The molecule has 112 valence electrons. The molecule has 20 heavy (non-hydrogen) atoms. The third kappa shape index (κ3) is 4.21. The van der Waals surface area contributed by atoms with Gasteiger partial charge in [-0.2, -0.15) is 0 Å². The summed E-state index contributed by atoms with van der Waals surface area (Å²) in [6.07, 6.45) is 2.53. The van der Waals surface area contributed by atoms with Crippen LogP contribution in [0.1, 0.15) is 25.3 Å². The number of nitrogens with one attached hydrogen (secondary N) is 1. The van der Waals surface area contributed by atoms with Gasteiger partial charge in [0.25, 0.3) is 0 Å². The molecule has 0 amide bonds. The highest BCUT2D eigenvalue weighted by Gasteiger charge is 2.21. The van der Waals surface area contributed by atoms with Gasteiger partial charge >= 0.3 is 0 Å². The molecule has 3 nitrogen and oxygen atoms in total. The van der Waals surface area contributed by atoms with E-state index in [9.17, 15) is 0 Å². The fraction of sp³-hybridized carbons (Fsp3) is 0.625. The van der Waals surface area contributed by atoms with E-state index >= 15 is 0 Å². The molecule has 1 aromatic rings. The zero-order valence-corrected chi connectivity index (χ0v) is 14.1. The van der Waals surface area contributed by atoms with Gasteiger partial charge in [-0.05, 0) is 43.0 Å². The summed E-state index contributed by atoms with van der Waals surface area (Å²) in [4.78, 5) is 2.52. The predicted molar refractivity (Wildman–Crippen MR) is 88.3 cm³/mol. The van der Waals surface area contributed by atoms with Crippen molar-refractivity contribution in [3.63, 3.8) is 0 Å². The molecule has 4 heteroatoms. The van der Waals surface area contributed by atoms with Gasteiger partial charge in [-0.1, -0.05) is 28.9 Å². The topological polar surface area (TPSA) is 24.5 Å². The molecule has 1 saturated heterocycles. The van der Waals surface area contributed by atoms with Gasteiger partial charge in [0, 0.05) is 36.9 Å². The summed E-state index contributed by atoms with van der Waals surface area (Å²) in [6, 6.07) is 6.61. The van der Waals surface area contributed by atoms with Crippen molar-refractivity contribution < 1.29 is 4.74 Å². The average Bonchev–Trinajstić information content (AvgIpc) is 2.46. The summed E-state index contributed by atoms with van der Waals surface area (Å²) < 4.78 is 6.49. The summed E-state index contributed by atoms with van der Waals surface area (Å²) in [5, 5.41) is 3.43. The number of anilines is 1. The van der Waals surface area contributed by atoms with Crippen LogP contribution in [0.5, 0.6) is 0 Å². The second kappa shape index (κ2) is 8.01. The van der Waals surface area contributed by atoms with E-state index < -0.39 is 0 Å². The summed E-state index contributed by atoms with van der Waals surface area (Å²) in [7, 11) is 1.80. The Bertz CT molecular complexity index is 423. The summed E-state index contributed by atoms with van der Waals surface area (Å²) in [5.41, 5.74) is 2.74. The maximum atomic E-state index is 5.34. The van der Waals surface area contributed by atoms with E-state index in [4.69, 9.17) is 4.74 Å². The molecule has 0 spiro atoms. The summed E-state index contributed by atoms with van der Waals surface area (Å²) in [5.74, 6) is 0.653. The average molecular weight is 341 g/mol. The number of ether oxygens (including phenoxy) is 1. The van der Waals surface area contributed by atoms with Crippen molar-refractivity contribution in [3.8, 4) is 0 Å². The molecule has 1 fully saturated rings. The quantitative estimate of drug-likeness (QED) is 0.858. The van der Waals surface area contributed by atoms with E-state index in [1.54, 1.807) is 7.11 Å². The van der Waals surface area contributed by atoms with Crippen LogP contribution in [0.15, 0.2) is 22.7 Å². The summed E-state index contributed by atoms with van der Waals surface area (Å²) >= 11 is 3.61. The number of hydrogen-bond donors (Lipinski definition) is 1. The van der Waals surface area contributed by atoms with Crippen molar-refractivity contribution in [2.45, 2.75) is 26.3 Å². The van der Waals surface area contributed by atoms with Crippen LogP contribution < -0.4 is 10.2 Å². The van der Waals surface area contributed by atoms with Gasteiger partial charge in [0.05, 0.1) is 6.61 Å². The first kappa shape index (κ1) is 15.8. The molecule has 0 radical (unpaired) electrons. The number of benzene rings is 1. The Labute approximate surface area is 130 Å². The molecular weight excluding hydrogens is 316 g/mol. The molecule has 0 saturated carbocycles. The van der Waals surface area contributed by atoms with Crippen LogP contribution in [0, 0.1) is 5.92 Å². The summed E-state index contributed by atoms with van der Waals surface area (Å²) in [6.45, 7) is 7.20. The Balaban J connectivity index is 2.14. The van der Waals surface area contributed by atoms with Crippen molar-refractivity contribution in [2.75, 3.05) is 38.3 Å². The molecule has 1 N–H and O–H groups in total. The molecule has 1 unspecified atom stereocenters. The van der Waals surface area contributed by atoms with Gasteiger partial charge in [0.1, 0.15) is 0 Å². The Morgan fingerprint density at radius 1 is 1.45 bits per heavy atom. The smallest absolute Gasteiger partial charge is 0.0507 e. The van der Waals surface area contributed by atoms with Crippen molar-refractivity contribution >= 4 is 21.6 Å². The van der Waals surface area contributed by atoms with Crippen molar-refractivity contribution in [1.29, 1.82) is 0 Å². The number of hydrogen-bond acceptors (Lipinski definition) is 3. The first-order valence-electron chi connectivity index (χ1n) is 7.47. The molecule has 1 atom stereocenters. The largest absolute Gasteiger partial charge is 0.384 e. The molecule has 1 heterocycles. The lowest BCUT2D eigenvalue weighted by Crippen LogP contribution is -2.37. The van der Waals surface area contributed by atoms with Crippen LogP contribution in [0.3, 0.4) is 0 Å². The minimum Gasteiger partial charge on any atom is -0.384 e. The highest BCUT2D eigenvalue weighted by atomic mass is 79.9. The lowest BCUT2D eigenvalue weighted by atomic mass is 9.97. The van der Waals surface area contributed by atoms with Crippen LogP contribution in [-0.2, 0) is 11.3 Å². The fourth-order valence-corrected chi connectivity index (χ4v) is 3.25. The third-order valence-electron chi connectivity index (χ3n) is 3.87. The van der Waals surface area contributed by atoms with Crippen LogP contribution in [-0.4, -0.2) is 33.4 Å². The zero-order valence-electron chi connectivity index (χ0n) is 12.5.